The van der Waals surface area contributed by atoms with Crippen LogP contribution in [-0.2, 0) is 14.1 Å². The van der Waals surface area contributed by atoms with E-state index in [0.29, 0.717) is 0 Å². The van der Waals surface area contributed by atoms with E-state index in [2.05, 4.69) is 46.3 Å². The lowest BCUT2D eigenvalue weighted by molar-refractivity contribution is 0.714. The van der Waals surface area contributed by atoms with Crippen LogP contribution in [0.25, 0.3) is 11.0 Å². The Morgan fingerprint density at radius 1 is 1.13 bits per heavy atom. The predicted octanol–water partition coefficient (Wildman–Crippen LogP) is 2.59. The Hall–Kier alpha value is -2.44. The fourth-order valence-corrected chi connectivity index (χ4v) is 3.08. The van der Waals surface area contributed by atoms with E-state index in [1.165, 1.54) is 11.3 Å². The van der Waals surface area contributed by atoms with Gasteiger partial charge in [0, 0.05) is 25.4 Å². The van der Waals surface area contributed by atoms with Crippen molar-refractivity contribution in [3.63, 3.8) is 0 Å². The van der Waals surface area contributed by atoms with Gasteiger partial charge in [0.25, 0.3) is 0 Å². The average molecular weight is 313 g/mol. The van der Waals surface area contributed by atoms with Gasteiger partial charge in [-0.25, -0.2) is 9.97 Å². The van der Waals surface area contributed by atoms with E-state index in [1.54, 1.807) is 4.68 Å². The van der Waals surface area contributed by atoms with Crippen molar-refractivity contribution in [3.05, 3.63) is 29.0 Å². The van der Waals surface area contributed by atoms with Gasteiger partial charge < -0.3 is 5.32 Å². The number of rotatable bonds is 4. The Bertz CT molecular complexity index is 859. The van der Waals surface area contributed by atoms with Gasteiger partial charge >= 0.3 is 0 Å². The van der Waals surface area contributed by atoms with Crippen molar-refractivity contribution in [1.29, 1.82) is 0 Å². The Balaban J connectivity index is 2.06. The van der Waals surface area contributed by atoms with E-state index in [-0.39, 0.29) is 6.04 Å². The molecular formula is C16H23N7. The number of fused-ring (bicyclic) bond motifs is 1. The summed E-state index contributed by atoms with van der Waals surface area (Å²) in [5, 5.41) is 13.4. The number of nitrogens with zero attached hydrogens (tertiary/aromatic N) is 6. The predicted molar refractivity (Wildman–Crippen MR) is 90.4 cm³/mol. The van der Waals surface area contributed by atoms with Crippen molar-refractivity contribution in [2.45, 2.75) is 40.2 Å². The Labute approximate surface area is 135 Å². The van der Waals surface area contributed by atoms with Crippen LogP contribution in [0.15, 0.2) is 6.20 Å². The first kappa shape index (κ1) is 15.5. The summed E-state index contributed by atoms with van der Waals surface area (Å²) >= 11 is 0. The molecule has 0 aromatic carbocycles. The maximum atomic E-state index is 4.59. The molecule has 0 saturated heterocycles. The highest BCUT2D eigenvalue weighted by atomic mass is 15.3. The molecular weight excluding hydrogens is 290 g/mol. The first-order chi connectivity index (χ1) is 10.9. The zero-order valence-electron chi connectivity index (χ0n) is 14.5. The molecule has 3 aromatic rings. The van der Waals surface area contributed by atoms with Gasteiger partial charge in [0.05, 0.1) is 23.3 Å². The molecule has 3 heterocycles. The van der Waals surface area contributed by atoms with Crippen LogP contribution in [0, 0.1) is 20.8 Å². The molecule has 23 heavy (non-hydrogen) atoms. The van der Waals surface area contributed by atoms with Gasteiger partial charge in [-0.05, 0) is 27.2 Å². The second kappa shape index (κ2) is 5.64. The van der Waals surface area contributed by atoms with E-state index in [9.17, 15) is 0 Å². The lowest BCUT2D eigenvalue weighted by Crippen LogP contribution is -2.14. The summed E-state index contributed by atoms with van der Waals surface area (Å²) in [6, 6.07) is 0.154. The molecule has 7 nitrogen and oxygen atoms in total. The summed E-state index contributed by atoms with van der Waals surface area (Å²) in [7, 11) is 3.87. The molecule has 0 bridgehead atoms. The molecule has 7 heteroatoms. The molecule has 0 aliphatic carbocycles. The Morgan fingerprint density at radius 2 is 1.87 bits per heavy atom. The van der Waals surface area contributed by atoms with Crippen LogP contribution in [0.2, 0.25) is 0 Å². The smallest absolute Gasteiger partial charge is 0.163 e. The second-order valence-corrected chi connectivity index (χ2v) is 5.94. The van der Waals surface area contributed by atoms with Crippen LogP contribution in [0.4, 0.5) is 5.82 Å². The fourth-order valence-electron chi connectivity index (χ4n) is 3.08. The number of nitrogens with one attached hydrogen (secondary N) is 1. The van der Waals surface area contributed by atoms with Crippen molar-refractivity contribution in [2.24, 2.45) is 14.1 Å². The zero-order chi connectivity index (χ0) is 16.7. The standard InChI is InChI=1S/C16H23N7/c1-7-13(14-9(2)21-22(5)10(14)3)20-15-12-8-17-23(6)16(12)19-11(4)18-15/h8,13H,7H2,1-6H3,(H,18,19,20). The van der Waals surface area contributed by atoms with Gasteiger partial charge in [0.15, 0.2) is 5.65 Å². The molecule has 3 rings (SSSR count). The maximum absolute atomic E-state index is 4.59. The SMILES string of the molecule is CCC(Nc1nc(C)nc2c1cnn2C)c1c(C)nn(C)c1C. The number of aromatic nitrogens is 6. The quantitative estimate of drug-likeness (QED) is 0.801. The van der Waals surface area contributed by atoms with E-state index >= 15 is 0 Å². The monoisotopic (exact) mass is 313 g/mol. The van der Waals surface area contributed by atoms with E-state index in [0.717, 1.165) is 34.8 Å². The van der Waals surface area contributed by atoms with E-state index in [4.69, 9.17) is 0 Å². The first-order valence-corrected chi connectivity index (χ1v) is 7.85. The molecule has 1 atom stereocenters. The Morgan fingerprint density at radius 3 is 2.48 bits per heavy atom. The van der Waals surface area contributed by atoms with E-state index in [1.807, 2.05) is 31.9 Å². The maximum Gasteiger partial charge on any atom is 0.163 e. The third-order valence-corrected chi connectivity index (χ3v) is 4.34. The van der Waals surface area contributed by atoms with Crippen LogP contribution in [0.3, 0.4) is 0 Å². The fraction of sp³-hybridized carbons (Fsp3) is 0.500. The highest BCUT2D eigenvalue weighted by Gasteiger charge is 2.21. The largest absolute Gasteiger partial charge is 0.362 e. The lowest BCUT2D eigenvalue weighted by atomic mass is 10.0. The average Bonchev–Trinajstić information content (AvgIpc) is 2.98. The number of hydrogen-bond acceptors (Lipinski definition) is 5. The molecule has 1 unspecified atom stereocenters. The number of anilines is 1. The third-order valence-electron chi connectivity index (χ3n) is 4.34. The van der Waals surface area contributed by atoms with Crippen molar-refractivity contribution in [1.82, 2.24) is 29.5 Å². The van der Waals surface area contributed by atoms with Gasteiger partial charge in [-0.1, -0.05) is 6.92 Å². The summed E-state index contributed by atoms with van der Waals surface area (Å²) in [5.41, 5.74) is 4.31. The van der Waals surface area contributed by atoms with Crippen LogP contribution in [0.5, 0.6) is 0 Å². The minimum atomic E-state index is 0.154. The summed E-state index contributed by atoms with van der Waals surface area (Å²) in [5.74, 6) is 1.56. The molecule has 122 valence electrons. The highest BCUT2D eigenvalue weighted by molar-refractivity contribution is 5.86. The molecule has 0 aliphatic rings. The molecule has 0 spiro atoms. The Kier molecular flexibility index (Phi) is 3.79. The molecule has 1 N–H and O–H groups in total. The highest BCUT2D eigenvalue weighted by Crippen LogP contribution is 2.29. The number of hydrogen-bond donors (Lipinski definition) is 1. The van der Waals surface area contributed by atoms with Gasteiger partial charge in [0.2, 0.25) is 0 Å². The second-order valence-electron chi connectivity index (χ2n) is 5.94. The molecule has 0 fully saturated rings. The first-order valence-electron chi connectivity index (χ1n) is 7.85. The van der Waals surface area contributed by atoms with Crippen LogP contribution in [-0.4, -0.2) is 29.5 Å². The minimum absolute atomic E-state index is 0.154. The lowest BCUT2D eigenvalue weighted by Gasteiger charge is -2.19. The summed E-state index contributed by atoms with van der Waals surface area (Å²) in [4.78, 5) is 9.07. The number of aryl methyl sites for hydroxylation is 4. The molecule has 0 aliphatic heterocycles. The topological polar surface area (TPSA) is 73.5 Å². The molecule has 0 saturated carbocycles. The van der Waals surface area contributed by atoms with Crippen molar-refractivity contribution < 1.29 is 0 Å². The van der Waals surface area contributed by atoms with E-state index < -0.39 is 0 Å². The van der Waals surface area contributed by atoms with Gasteiger partial charge in [-0.2, -0.15) is 10.2 Å². The molecule has 0 radical (unpaired) electrons. The normalized spacial score (nSPS) is 12.8. The summed E-state index contributed by atoms with van der Waals surface area (Å²) in [6.45, 7) is 8.22. The minimum Gasteiger partial charge on any atom is -0.362 e. The van der Waals surface area contributed by atoms with Crippen LogP contribution >= 0.6 is 0 Å². The van der Waals surface area contributed by atoms with Crippen LogP contribution < -0.4 is 5.32 Å². The van der Waals surface area contributed by atoms with Crippen molar-refractivity contribution >= 4 is 16.9 Å². The van der Waals surface area contributed by atoms with Gasteiger partial charge in [-0.3, -0.25) is 9.36 Å². The summed E-state index contributed by atoms with van der Waals surface area (Å²) in [6.07, 6.45) is 2.75. The van der Waals surface area contributed by atoms with Crippen LogP contribution in [0.1, 0.15) is 42.2 Å². The molecule has 0 amide bonds. The zero-order valence-corrected chi connectivity index (χ0v) is 14.5. The molecule has 3 aromatic heterocycles. The van der Waals surface area contributed by atoms with Gasteiger partial charge in [0.1, 0.15) is 11.6 Å². The summed E-state index contributed by atoms with van der Waals surface area (Å²) < 4.78 is 3.70. The van der Waals surface area contributed by atoms with Crippen molar-refractivity contribution in [3.8, 4) is 0 Å². The third kappa shape index (κ3) is 2.56. The van der Waals surface area contributed by atoms with Crippen molar-refractivity contribution in [2.75, 3.05) is 5.32 Å². The van der Waals surface area contributed by atoms with Gasteiger partial charge in [-0.15, -0.1) is 0 Å².